The van der Waals surface area contributed by atoms with Crippen molar-refractivity contribution in [3.8, 4) is 22.9 Å². The molecule has 2 saturated carbocycles. The summed E-state index contributed by atoms with van der Waals surface area (Å²) in [4.78, 5) is 20.9. The molecule has 5 aliphatic rings. The fraction of sp³-hybridized carbons (Fsp3) is 0.639. The van der Waals surface area contributed by atoms with Crippen LogP contribution in [0, 0.1) is 23.1 Å². The molecule has 5 heterocycles. The molecule has 1 spiro atoms. The molecule has 262 valence electrons. The molecule has 0 amide bonds. The highest BCUT2D eigenvalue weighted by atomic mass is 32.2. The second-order valence-electron chi connectivity index (χ2n) is 15.7. The van der Waals surface area contributed by atoms with Gasteiger partial charge in [-0.2, -0.15) is 0 Å². The Kier molecular flexibility index (Phi) is 8.59. The predicted molar refractivity (Wildman–Crippen MR) is 185 cm³/mol. The van der Waals surface area contributed by atoms with Crippen LogP contribution in [0.3, 0.4) is 0 Å². The zero-order valence-electron chi connectivity index (χ0n) is 28.7. The smallest absolute Gasteiger partial charge is 0.282 e. The van der Waals surface area contributed by atoms with E-state index >= 15 is 0 Å². The third-order valence-corrected chi connectivity index (χ3v) is 13.6. The van der Waals surface area contributed by atoms with Gasteiger partial charge in [0.1, 0.15) is 34.1 Å². The van der Waals surface area contributed by atoms with Gasteiger partial charge in [-0.15, -0.1) is 10.2 Å². The second kappa shape index (κ2) is 12.8. The van der Waals surface area contributed by atoms with Gasteiger partial charge >= 0.3 is 0 Å². The Morgan fingerprint density at radius 3 is 2.49 bits per heavy atom. The highest BCUT2D eigenvalue weighted by Gasteiger charge is 2.53. The largest absolute Gasteiger partial charge is 0.434 e. The van der Waals surface area contributed by atoms with Crippen molar-refractivity contribution >= 4 is 15.7 Å². The Balaban J connectivity index is 0.916. The summed E-state index contributed by atoms with van der Waals surface area (Å²) in [5.41, 5.74) is 2.48. The average Bonchev–Trinajstić information content (AvgIpc) is 3.80. The molecule has 2 aromatic heterocycles. The SMILES string of the molecule is CC(C)[C@@H](C1CC(N2CCC(S(C)(=O)=O)CC2)C1)N1CC2(CCN(c3ncnnc3Oc3ccc(F)cc3-c3ncncc3C3CC3)C2)C1. The van der Waals surface area contributed by atoms with Crippen molar-refractivity contribution in [1.29, 1.82) is 0 Å². The maximum absolute atomic E-state index is 14.6. The van der Waals surface area contributed by atoms with Crippen LogP contribution in [-0.4, -0.2) is 106 Å². The lowest BCUT2D eigenvalue weighted by Gasteiger charge is -2.58. The lowest BCUT2D eigenvalue weighted by molar-refractivity contribution is -0.0813. The van der Waals surface area contributed by atoms with Gasteiger partial charge in [-0.3, -0.25) is 4.90 Å². The standard InChI is InChI=1S/C36H47FN8O3S/c1-23(2)33(25-14-27(15-25)43-11-8-28(9-12-43)49(3,46)47)45-19-36(20-45)10-13-44(18-36)34-35(42-41-22-40-34)48-31-7-6-26(37)16-29(31)32-30(24-4-5-24)17-38-21-39-32/h6-7,16-17,21-25,27-28,33H,4-5,8-15,18-20H2,1-3H3/t25?,27?,33-/m0/s1. The third kappa shape index (κ3) is 6.54. The number of ether oxygens (including phenoxy) is 1. The van der Waals surface area contributed by atoms with E-state index in [0.717, 1.165) is 76.9 Å². The highest BCUT2D eigenvalue weighted by molar-refractivity contribution is 7.91. The molecule has 3 aromatic rings. The number of hydrogen-bond donors (Lipinski definition) is 0. The van der Waals surface area contributed by atoms with E-state index in [-0.39, 0.29) is 16.5 Å². The summed E-state index contributed by atoms with van der Waals surface area (Å²) in [6.45, 7) is 10.4. The van der Waals surface area contributed by atoms with Crippen molar-refractivity contribution in [2.75, 3.05) is 50.4 Å². The van der Waals surface area contributed by atoms with Crippen LogP contribution >= 0.6 is 0 Å². The number of piperidine rings is 1. The van der Waals surface area contributed by atoms with Gasteiger partial charge in [0, 0.05) is 67.3 Å². The first-order valence-corrected chi connectivity index (χ1v) is 19.9. The highest BCUT2D eigenvalue weighted by Crippen LogP contribution is 2.49. The van der Waals surface area contributed by atoms with Crippen LogP contribution in [0.5, 0.6) is 11.6 Å². The van der Waals surface area contributed by atoms with E-state index in [1.54, 1.807) is 6.07 Å². The molecule has 0 bridgehead atoms. The summed E-state index contributed by atoms with van der Waals surface area (Å²) in [5, 5.41) is 8.24. The molecule has 0 unspecified atom stereocenters. The van der Waals surface area contributed by atoms with Gasteiger partial charge < -0.3 is 14.5 Å². The Labute approximate surface area is 288 Å². The quantitative estimate of drug-likeness (QED) is 0.287. The summed E-state index contributed by atoms with van der Waals surface area (Å²) in [7, 11) is -2.94. The van der Waals surface area contributed by atoms with Gasteiger partial charge in [0.25, 0.3) is 5.88 Å². The summed E-state index contributed by atoms with van der Waals surface area (Å²) in [5.74, 6) is 2.72. The fourth-order valence-corrected chi connectivity index (χ4v) is 10.3. The van der Waals surface area contributed by atoms with E-state index in [4.69, 9.17) is 4.74 Å². The molecule has 3 saturated heterocycles. The van der Waals surface area contributed by atoms with Crippen LogP contribution in [0.15, 0.2) is 37.1 Å². The summed E-state index contributed by atoms with van der Waals surface area (Å²) in [6.07, 6.45) is 13.3. The lowest BCUT2D eigenvalue weighted by Crippen LogP contribution is -2.65. The Morgan fingerprint density at radius 2 is 1.78 bits per heavy atom. The van der Waals surface area contributed by atoms with Crippen molar-refractivity contribution in [3.63, 3.8) is 0 Å². The van der Waals surface area contributed by atoms with Crippen molar-refractivity contribution in [2.24, 2.45) is 17.3 Å². The maximum Gasteiger partial charge on any atom is 0.282 e. The molecule has 3 aliphatic heterocycles. The summed E-state index contributed by atoms with van der Waals surface area (Å²) >= 11 is 0. The van der Waals surface area contributed by atoms with Crippen LogP contribution in [0.4, 0.5) is 10.2 Å². The van der Waals surface area contributed by atoms with E-state index in [0.29, 0.717) is 58.5 Å². The minimum absolute atomic E-state index is 0.169. The molecular formula is C36H47FN8O3S. The Hall–Kier alpha value is -3.29. The third-order valence-electron chi connectivity index (χ3n) is 11.9. The zero-order chi connectivity index (χ0) is 33.9. The van der Waals surface area contributed by atoms with Gasteiger partial charge in [0.15, 0.2) is 5.82 Å². The van der Waals surface area contributed by atoms with E-state index in [1.165, 1.54) is 43.9 Å². The first kappa shape index (κ1) is 32.9. The first-order valence-electron chi connectivity index (χ1n) is 17.9. The maximum atomic E-state index is 14.6. The molecule has 5 fully saturated rings. The molecule has 1 atom stereocenters. The molecule has 1 aromatic carbocycles. The Bertz CT molecular complexity index is 1790. The number of sulfone groups is 1. The molecular weight excluding hydrogens is 644 g/mol. The van der Waals surface area contributed by atoms with Crippen molar-refractivity contribution < 1.29 is 17.5 Å². The van der Waals surface area contributed by atoms with Crippen LogP contribution in [-0.2, 0) is 9.84 Å². The van der Waals surface area contributed by atoms with E-state index in [9.17, 15) is 12.8 Å². The van der Waals surface area contributed by atoms with E-state index < -0.39 is 9.84 Å². The lowest BCUT2D eigenvalue weighted by atomic mass is 9.68. The fourth-order valence-electron chi connectivity index (χ4n) is 9.22. The summed E-state index contributed by atoms with van der Waals surface area (Å²) < 4.78 is 45.0. The number of anilines is 1. The number of nitrogens with zero attached hydrogens (tertiary/aromatic N) is 8. The van der Waals surface area contributed by atoms with Crippen molar-refractivity contribution in [1.82, 2.24) is 34.9 Å². The molecule has 11 nitrogen and oxygen atoms in total. The number of rotatable bonds is 10. The number of aromatic nitrogens is 5. The minimum atomic E-state index is -2.94. The number of hydrogen-bond acceptors (Lipinski definition) is 11. The second-order valence-corrected chi connectivity index (χ2v) is 18.0. The molecule has 13 heteroatoms. The van der Waals surface area contributed by atoms with Gasteiger partial charge in [-0.05, 0) is 94.0 Å². The van der Waals surface area contributed by atoms with Gasteiger partial charge in [0.05, 0.1) is 10.9 Å². The van der Waals surface area contributed by atoms with Gasteiger partial charge in [0.2, 0.25) is 0 Å². The number of likely N-dealkylation sites (tertiary alicyclic amines) is 2. The summed E-state index contributed by atoms with van der Waals surface area (Å²) in [6, 6.07) is 5.64. The number of halogens is 1. The first-order chi connectivity index (χ1) is 23.6. The molecule has 2 aliphatic carbocycles. The van der Waals surface area contributed by atoms with Gasteiger partial charge in [-0.1, -0.05) is 13.8 Å². The number of benzene rings is 1. The normalized spacial score (nSPS) is 25.4. The molecule has 8 rings (SSSR count). The van der Waals surface area contributed by atoms with Crippen LogP contribution in [0.2, 0.25) is 0 Å². The average molecular weight is 691 g/mol. The van der Waals surface area contributed by atoms with Gasteiger partial charge in [-0.25, -0.2) is 27.8 Å². The van der Waals surface area contributed by atoms with Crippen LogP contribution < -0.4 is 9.64 Å². The monoisotopic (exact) mass is 690 g/mol. The minimum Gasteiger partial charge on any atom is -0.434 e. The molecule has 0 radical (unpaired) electrons. The van der Waals surface area contributed by atoms with E-state index in [2.05, 4.69) is 53.7 Å². The van der Waals surface area contributed by atoms with Crippen LogP contribution in [0.1, 0.15) is 70.3 Å². The Morgan fingerprint density at radius 1 is 1.00 bits per heavy atom. The van der Waals surface area contributed by atoms with Crippen molar-refractivity contribution in [2.45, 2.75) is 82.0 Å². The van der Waals surface area contributed by atoms with E-state index in [1.807, 2.05) is 6.20 Å². The topological polar surface area (TPSA) is 118 Å². The molecule has 0 N–H and O–H groups in total. The van der Waals surface area contributed by atoms with Crippen LogP contribution in [0.25, 0.3) is 11.3 Å². The zero-order valence-corrected chi connectivity index (χ0v) is 29.5. The van der Waals surface area contributed by atoms with Crippen molar-refractivity contribution in [3.05, 3.63) is 48.4 Å². The predicted octanol–water partition coefficient (Wildman–Crippen LogP) is 4.96. The molecule has 49 heavy (non-hydrogen) atoms.